The van der Waals surface area contributed by atoms with Crippen molar-refractivity contribution >= 4 is 11.8 Å². The van der Waals surface area contributed by atoms with Gasteiger partial charge in [0, 0.05) is 12.0 Å². The number of phenols is 1. The van der Waals surface area contributed by atoms with Crippen LogP contribution in [0.15, 0.2) is 24.3 Å². The van der Waals surface area contributed by atoms with Crippen molar-refractivity contribution in [3.8, 4) is 5.75 Å². The number of rotatable bonds is 6. The molecule has 0 aliphatic heterocycles. The number of phenolic OH excluding ortho intramolecular Hbond substituents is 1. The Morgan fingerprint density at radius 3 is 2.47 bits per heavy atom. The lowest BCUT2D eigenvalue weighted by Crippen LogP contribution is -2.50. The van der Waals surface area contributed by atoms with Crippen molar-refractivity contribution in [2.24, 2.45) is 0 Å². The number of Topliss-reactive ketones (excluding diaryl/α,β-unsaturated/α-hetero) is 1. The Bertz CT molecular complexity index is 386. The molecule has 1 rings (SSSR count). The van der Waals surface area contributed by atoms with Crippen LogP contribution in [0.1, 0.15) is 23.2 Å². The van der Waals surface area contributed by atoms with E-state index in [2.05, 4.69) is 5.73 Å². The van der Waals surface area contributed by atoms with Gasteiger partial charge in [0.15, 0.2) is 12.4 Å². The molecule has 5 nitrogen and oxygen atoms in total. The Hall–Kier alpha value is -1.88. The molecule has 0 saturated carbocycles. The van der Waals surface area contributed by atoms with Gasteiger partial charge in [-0.3, -0.25) is 9.59 Å². The van der Waals surface area contributed by atoms with E-state index in [0.29, 0.717) is 18.5 Å². The van der Waals surface area contributed by atoms with Gasteiger partial charge in [-0.05, 0) is 24.3 Å². The molecule has 0 aromatic heterocycles. The van der Waals surface area contributed by atoms with Gasteiger partial charge in [-0.2, -0.15) is 0 Å². The van der Waals surface area contributed by atoms with Crippen molar-refractivity contribution in [1.29, 1.82) is 0 Å². The van der Waals surface area contributed by atoms with Crippen LogP contribution in [0.5, 0.6) is 5.75 Å². The standard InChI is InChI=1S/C12H15NO4/c13-7-1-2-12(16)17-8-11(15)9-3-5-10(14)6-4-9/h3-6,14H,1-2,7-8,13H2/p+1. The van der Waals surface area contributed by atoms with E-state index in [1.807, 2.05) is 0 Å². The Morgan fingerprint density at radius 2 is 1.88 bits per heavy atom. The highest BCUT2D eigenvalue weighted by Gasteiger charge is 2.09. The Labute approximate surface area is 99.2 Å². The molecule has 1 aromatic carbocycles. The van der Waals surface area contributed by atoms with Gasteiger partial charge >= 0.3 is 5.97 Å². The molecule has 0 spiro atoms. The maximum atomic E-state index is 11.6. The van der Waals surface area contributed by atoms with E-state index >= 15 is 0 Å². The second-order valence-corrected chi connectivity index (χ2v) is 3.59. The summed E-state index contributed by atoms with van der Waals surface area (Å²) in [6.45, 7) is 0.405. The average Bonchev–Trinajstić information content (AvgIpc) is 2.34. The van der Waals surface area contributed by atoms with E-state index in [-0.39, 0.29) is 30.5 Å². The van der Waals surface area contributed by atoms with Crippen LogP contribution in [0.3, 0.4) is 0 Å². The second-order valence-electron chi connectivity index (χ2n) is 3.59. The number of ketones is 1. The van der Waals surface area contributed by atoms with E-state index in [0.717, 1.165) is 0 Å². The van der Waals surface area contributed by atoms with E-state index in [9.17, 15) is 9.59 Å². The van der Waals surface area contributed by atoms with Crippen LogP contribution >= 0.6 is 0 Å². The van der Waals surface area contributed by atoms with Crippen LogP contribution in [0, 0.1) is 0 Å². The van der Waals surface area contributed by atoms with Crippen molar-refractivity contribution < 1.29 is 25.2 Å². The highest BCUT2D eigenvalue weighted by Crippen LogP contribution is 2.10. The number of aromatic hydroxyl groups is 1. The van der Waals surface area contributed by atoms with Crippen LogP contribution in [-0.4, -0.2) is 30.0 Å². The summed E-state index contributed by atoms with van der Waals surface area (Å²) in [5, 5.41) is 9.05. The summed E-state index contributed by atoms with van der Waals surface area (Å²) in [5.41, 5.74) is 4.02. The zero-order valence-electron chi connectivity index (χ0n) is 9.52. The highest BCUT2D eigenvalue weighted by atomic mass is 16.5. The first kappa shape index (κ1) is 13.2. The minimum atomic E-state index is -0.388. The summed E-state index contributed by atoms with van der Waals surface area (Å²) in [6, 6.07) is 5.80. The van der Waals surface area contributed by atoms with Crippen LogP contribution in [0.25, 0.3) is 0 Å². The van der Waals surface area contributed by atoms with E-state index in [4.69, 9.17) is 9.84 Å². The van der Waals surface area contributed by atoms with Crippen LogP contribution in [0.2, 0.25) is 0 Å². The molecule has 0 saturated heterocycles. The Balaban J connectivity index is 2.39. The number of carbonyl (C=O) groups excluding carboxylic acids is 2. The molecular weight excluding hydrogens is 222 g/mol. The average molecular weight is 238 g/mol. The van der Waals surface area contributed by atoms with Gasteiger partial charge < -0.3 is 15.6 Å². The van der Waals surface area contributed by atoms with Crippen molar-refractivity contribution in [3.63, 3.8) is 0 Å². The monoisotopic (exact) mass is 238 g/mol. The molecule has 92 valence electrons. The molecule has 17 heavy (non-hydrogen) atoms. The minimum Gasteiger partial charge on any atom is -0.508 e. The van der Waals surface area contributed by atoms with Gasteiger partial charge in [0.25, 0.3) is 0 Å². The number of hydrogen-bond donors (Lipinski definition) is 2. The summed E-state index contributed by atoms with van der Waals surface area (Å²) >= 11 is 0. The fourth-order valence-corrected chi connectivity index (χ4v) is 1.22. The Kier molecular flexibility index (Phi) is 5.16. The normalized spacial score (nSPS) is 9.94. The smallest absolute Gasteiger partial charge is 0.306 e. The number of benzene rings is 1. The molecule has 0 unspecified atom stereocenters. The minimum absolute atomic E-state index is 0.0917. The first-order chi connectivity index (χ1) is 8.13. The summed E-state index contributed by atoms with van der Waals surface area (Å²) in [4.78, 5) is 22.7. The Morgan fingerprint density at radius 1 is 1.24 bits per heavy atom. The van der Waals surface area contributed by atoms with Gasteiger partial charge in [0.1, 0.15) is 5.75 Å². The lowest BCUT2D eigenvalue weighted by Gasteiger charge is -2.03. The number of hydrogen-bond acceptors (Lipinski definition) is 4. The third-order valence-electron chi connectivity index (χ3n) is 2.18. The predicted molar refractivity (Wildman–Crippen MR) is 60.4 cm³/mol. The fourth-order valence-electron chi connectivity index (χ4n) is 1.22. The van der Waals surface area contributed by atoms with Gasteiger partial charge in [-0.15, -0.1) is 0 Å². The molecule has 0 amide bonds. The lowest BCUT2D eigenvalue weighted by molar-refractivity contribution is -0.368. The van der Waals surface area contributed by atoms with Crippen LogP contribution < -0.4 is 5.73 Å². The van der Waals surface area contributed by atoms with Gasteiger partial charge in [-0.1, -0.05) is 0 Å². The molecule has 0 aliphatic carbocycles. The predicted octanol–water partition coefficient (Wildman–Crippen LogP) is 0.140. The van der Waals surface area contributed by atoms with E-state index < -0.39 is 0 Å². The fraction of sp³-hybridized carbons (Fsp3) is 0.333. The number of quaternary nitrogens is 1. The number of ether oxygens (including phenoxy) is 1. The molecule has 0 fully saturated rings. The summed E-state index contributed by atoms with van der Waals surface area (Å²) in [6.07, 6.45) is 0.943. The van der Waals surface area contributed by atoms with Crippen LogP contribution in [0.4, 0.5) is 0 Å². The first-order valence-electron chi connectivity index (χ1n) is 5.40. The lowest BCUT2D eigenvalue weighted by atomic mass is 10.1. The largest absolute Gasteiger partial charge is 0.508 e. The molecule has 4 N–H and O–H groups in total. The van der Waals surface area contributed by atoms with Crippen molar-refractivity contribution in [2.75, 3.05) is 13.2 Å². The molecule has 0 heterocycles. The van der Waals surface area contributed by atoms with Crippen molar-refractivity contribution in [3.05, 3.63) is 29.8 Å². The summed E-state index contributed by atoms with van der Waals surface area (Å²) < 4.78 is 4.81. The van der Waals surface area contributed by atoms with E-state index in [1.54, 1.807) is 0 Å². The second kappa shape index (κ2) is 6.65. The van der Waals surface area contributed by atoms with Gasteiger partial charge in [0.05, 0.1) is 13.0 Å². The van der Waals surface area contributed by atoms with Crippen molar-refractivity contribution in [1.82, 2.24) is 0 Å². The highest BCUT2D eigenvalue weighted by molar-refractivity contribution is 5.98. The maximum Gasteiger partial charge on any atom is 0.306 e. The van der Waals surface area contributed by atoms with Crippen molar-refractivity contribution in [2.45, 2.75) is 12.8 Å². The third-order valence-corrected chi connectivity index (χ3v) is 2.18. The molecule has 0 radical (unpaired) electrons. The zero-order valence-corrected chi connectivity index (χ0v) is 9.52. The molecule has 0 atom stereocenters. The summed E-state index contributed by atoms with van der Waals surface area (Å²) in [7, 11) is 0. The first-order valence-corrected chi connectivity index (χ1v) is 5.40. The zero-order chi connectivity index (χ0) is 12.7. The quantitative estimate of drug-likeness (QED) is 0.544. The molecule has 5 heteroatoms. The van der Waals surface area contributed by atoms with E-state index in [1.165, 1.54) is 24.3 Å². The topological polar surface area (TPSA) is 91.2 Å². The van der Waals surface area contributed by atoms with Gasteiger partial charge in [-0.25, -0.2) is 0 Å². The molecule has 0 bridgehead atoms. The number of esters is 1. The number of carbonyl (C=O) groups is 2. The SMILES string of the molecule is [NH3+]CCCC(=O)OCC(=O)c1ccc(O)cc1. The van der Waals surface area contributed by atoms with Crippen LogP contribution in [-0.2, 0) is 9.53 Å². The molecule has 1 aromatic rings. The van der Waals surface area contributed by atoms with Gasteiger partial charge in [0.2, 0.25) is 0 Å². The summed E-state index contributed by atoms with van der Waals surface area (Å²) in [5.74, 6) is -0.581. The molecular formula is C12H16NO4+. The third kappa shape index (κ3) is 4.65. The maximum absolute atomic E-state index is 11.6. The molecule has 0 aliphatic rings.